The monoisotopic (exact) mass is 560 g/mol. The summed E-state index contributed by atoms with van der Waals surface area (Å²) in [5, 5.41) is 10.9. The van der Waals surface area contributed by atoms with Gasteiger partial charge in [0.15, 0.2) is 0 Å². The summed E-state index contributed by atoms with van der Waals surface area (Å²) < 4.78 is 4.68. The van der Waals surface area contributed by atoms with Gasteiger partial charge in [-0.2, -0.15) is 0 Å². The van der Waals surface area contributed by atoms with E-state index in [4.69, 9.17) is 9.97 Å². The van der Waals surface area contributed by atoms with E-state index >= 15 is 0 Å². The van der Waals surface area contributed by atoms with E-state index in [1.165, 1.54) is 54.1 Å². The van der Waals surface area contributed by atoms with Crippen molar-refractivity contribution in [2.45, 2.75) is 0 Å². The summed E-state index contributed by atoms with van der Waals surface area (Å²) in [6.45, 7) is 0. The van der Waals surface area contributed by atoms with Gasteiger partial charge in [-0.05, 0) is 46.5 Å². The van der Waals surface area contributed by atoms with Crippen molar-refractivity contribution in [2.24, 2.45) is 0 Å². The molecule has 0 aliphatic heterocycles. The first kappa shape index (κ1) is 23.6. The van der Waals surface area contributed by atoms with Gasteiger partial charge in [0.1, 0.15) is 0 Å². The first-order chi connectivity index (χ1) is 21.8. The Labute approximate surface area is 252 Å². The largest absolute Gasteiger partial charge is 0.309 e. The van der Waals surface area contributed by atoms with Gasteiger partial charge in [0, 0.05) is 38.5 Å². The van der Waals surface area contributed by atoms with Gasteiger partial charge >= 0.3 is 0 Å². The minimum Gasteiger partial charge on any atom is -0.309 e. The summed E-state index contributed by atoms with van der Waals surface area (Å²) >= 11 is 0. The second kappa shape index (κ2) is 8.76. The Balaban J connectivity index is 1.41. The van der Waals surface area contributed by atoms with E-state index < -0.39 is 0 Å². The zero-order valence-electron chi connectivity index (χ0n) is 23.6. The predicted octanol–water partition coefficient (Wildman–Crippen LogP) is 10.1. The third kappa shape index (κ3) is 3.11. The maximum atomic E-state index is 5.07. The highest BCUT2D eigenvalue weighted by atomic mass is 15.2. The normalized spacial score (nSPS) is 12.1. The van der Waals surface area contributed by atoms with Crippen molar-refractivity contribution in [1.29, 1.82) is 0 Å². The van der Waals surface area contributed by atoms with E-state index in [-0.39, 0.29) is 0 Å². The van der Waals surface area contributed by atoms with Gasteiger partial charge in [0.25, 0.3) is 0 Å². The third-order valence-electron chi connectivity index (χ3n) is 9.14. The Kier molecular flexibility index (Phi) is 4.69. The van der Waals surface area contributed by atoms with Crippen molar-refractivity contribution >= 4 is 76.1 Å². The van der Waals surface area contributed by atoms with Crippen LogP contribution >= 0.6 is 0 Å². The number of fused-ring (bicyclic) bond motifs is 11. The molecule has 7 aromatic carbocycles. The van der Waals surface area contributed by atoms with E-state index in [1.807, 2.05) is 18.3 Å². The molecule has 3 heterocycles. The zero-order valence-corrected chi connectivity index (χ0v) is 23.6. The number of nitrogens with zero attached hydrogens (tertiary/aromatic N) is 4. The van der Waals surface area contributed by atoms with Crippen LogP contribution in [0.1, 0.15) is 0 Å². The molecule has 10 rings (SSSR count). The second-order valence-electron chi connectivity index (χ2n) is 11.5. The van der Waals surface area contributed by atoms with Crippen LogP contribution in [0.2, 0.25) is 0 Å². The molecule has 0 amide bonds. The van der Waals surface area contributed by atoms with Gasteiger partial charge in [0.2, 0.25) is 5.95 Å². The minimum atomic E-state index is 0.671. The van der Waals surface area contributed by atoms with Crippen molar-refractivity contribution in [3.05, 3.63) is 146 Å². The first-order valence-corrected chi connectivity index (χ1v) is 14.9. The SMILES string of the molecule is c1ccc2nc(-n3c4ccccc4c4c5ccccc5c(-n5c6ccccc6c6c7ccccc7ccc65)cc43)ncc2c1. The summed E-state index contributed by atoms with van der Waals surface area (Å²) in [5.41, 5.74) is 6.63. The Morgan fingerprint density at radius 3 is 1.80 bits per heavy atom. The van der Waals surface area contributed by atoms with Crippen LogP contribution in [0.5, 0.6) is 0 Å². The molecule has 0 N–H and O–H groups in total. The maximum absolute atomic E-state index is 5.07. The molecular formula is C40H24N4. The fourth-order valence-electron chi connectivity index (χ4n) is 7.28. The smallest absolute Gasteiger partial charge is 0.235 e. The van der Waals surface area contributed by atoms with Gasteiger partial charge in [-0.1, -0.05) is 109 Å². The summed E-state index contributed by atoms with van der Waals surface area (Å²) in [5.74, 6) is 0.671. The fraction of sp³-hybridized carbons (Fsp3) is 0. The molecule has 4 heteroatoms. The fourth-order valence-corrected chi connectivity index (χ4v) is 7.28. The lowest BCUT2D eigenvalue weighted by Gasteiger charge is -2.14. The Bertz CT molecular complexity index is 2780. The summed E-state index contributed by atoms with van der Waals surface area (Å²) in [6.07, 6.45) is 1.93. The number of hydrogen-bond acceptors (Lipinski definition) is 2. The average Bonchev–Trinajstić information content (AvgIpc) is 3.61. The van der Waals surface area contributed by atoms with Crippen LogP contribution in [-0.2, 0) is 0 Å². The average molecular weight is 561 g/mol. The molecule has 4 nitrogen and oxygen atoms in total. The lowest BCUT2D eigenvalue weighted by molar-refractivity contribution is 1.01. The number of para-hydroxylation sites is 3. The number of aromatic nitrogens is 4. The van der Waals surface area contributed by atoms with E-state index in [0.717, 1.165) is 27.6 Å². The lowest BCUT2D eigenvalue weighted by atomic mass is 10.0. The van der Waals surface area contributed by atoms with Crippen LogP contribution in [-0.4, -0.2) is 19.1 Å². The van der Waals surface area contributed by atoms with Gasteiger partial charge in [-0.3, -0.25) is 4.57 Å². The first-order valence-electron chi connectivity index (χ1n) is 14.9. The Morgan fingerprint density at radius 1 is 0.409 bits per heavy atom. The van der Waals surface area contributed by atoms with E-state index in [1.54, 1.807) is 0 Å². The van der Waals surface area contributed by atoms with Crippen molar-refractivity contribution in [3.8, 4) is 11.6 Å². The van der Waals surface area contributed by atoms with Crippen molar-refractivity contribution in [2.75, 3.05) is 0 Å². The molecule has 0 fully saturated rings. The molecule has 0 aliphatic rings. The standard InChI is InChI=1S/C40H24N4/c1-3-13-27-25(11-1)21-22-35-38(27)30-16-6-9-19-33(30)43(35)36-23-37-39(29-15-5-4-14-28(29)36)31-17-7-10-20-34(31)44(37)40-41-24-26-12-2-8-18-32(26)42-40/h1-24H. The molecule has 10 aromatic rings. The number of hydrogen-bond donors (Lipinski definition) is 0. The Hall–Kier alpha value is -6.00. The molecule has 0 bridgehead atoms. The van der Waals surface area contributed by atoms with E-state index in [0.29, 0.717) is 5.95 Å². The molecular weight excluding hydrogens is 536 g/mol. The summed E-state index contributed by atoms with van der Waals surface area (Å²) in [7, 11) is 0. The van der Waals surface area contributed by atoms with Gasteiger partial charge in [-0.15, -0.1) is 0 Å². The highest BCUT2D eigenvalue weighted by molar-refractivity contribution is 6.25. The predicted molar refractivity (Wildman–Crippen MR) is 183 cm³/mol. The van der Waals surface area contributed by atoms with Crippen LogP contribution in [0.25, 0.3) is 87.7 Å². The van der Waals surface area contributed by atoms with Gasteiger partial charge < -0.3 is 4.57 Å². The van der Waals surface area contributed by atoms with Gasteiger partial charge in [-0.25, -0.2) is 9.97 Å². The summed E-state index contributed by atoms with van der Waals surface area (Å²) in [4.78, 5) is 9.97. The van der Waals surface area contributed by atoms with Crippen molar-refractivity contribution < 1.29 is 0 Å². The quantitative estimate of drug-likeness (QED) is 0.211. The Morgan fingerprint density at radius 2 is 1.00 bits per heavy atom. The van der Waals surface area contributed by atoms with Crippen LogP contribution in [0.4, 0.5) is 0 Å². The maximum Gasteiger partial charge on any atom is 0.235 e. The minimum absolute atomic E-state index is 0.671. The molecule has 0 saturated carbocycles. The van der Waals surface area contributed by atoms with E-state index in [2.05, 4.69) is 137 Å². The lowest BCUT2D eigenvalue weighted by Crippen LogP contribution is -2.02. The molecule has 204 valence electrons. The summed E-state index contributed by atoms with van der Waals surface area (Å²) in [6, 6.07) is 49.9. The molecule has 0 atom stereocenters. The molecule has 0 unspecified atom stereocenters. The molecule has 0 aliphatic carbocycles. The zero-order chi connectivity index (χ0) is 28.8. The van der Waals surface area contributed by atoms with E-state index in [9.17, 15) is 0 Å². The molecule has 0 radical (unpaired) electrons. The van der Waals surface area contributed by atoms with Crippen LogP contribution in [0, 0.1) is 0 Å². The van der Waals surface area contributed by atoms with Crippen LogP contribution in [0.15, 0.2) is 146 Å². The van der Waals surface area contributed by atoms with Crippen molar-refractivity contribution in [3.63, 3.8) is 0 Å². The molecule has 0 saturated heterocycles. The molecule has 44 heavy (non-hydrogen) atoms. The second-order valence-corrected chi connectivity index (χ2v) is 11.5. The highest BCUT2D eigenvalue weighted by Gasteiger charge is 2.21. The topological polar surface area (TPSA) is 35.6 Å². The number of rotatable bonds is 2. The molecule has 3 aromatic heterocycles. The molecule has 0 spiro atoms. The number of benzene rings is 7. The highest BCUT2D eigenvalue weighted by Crippen LogP contribution is 2.43. The third-order valence-corrected chi connectivity index (χ3v) is 9.14. The van der Waals surface area contributed by atoms with Crippen molar-refractivity contribution in [1.82, 2.24) is 19.1 Å². The van der Waals surface area contributed by atoms with Crippen LogP contribution in [0.3, 0.4) is 0 Å². The van der Waals surface area contributed by atoms with Gasteiger partial charge in [0.05, 0.1) is 33.3 Å². The van der Waals surface area contributed by atoms with Crippen LogP contribution < -0.4 is 0 Å².